The van der Waals surface area contributed by atoms with E-state index in [1.165, 1.54) is 6.26 Å². The lowest BCUT2D eigenvalue weighted by atomic mass is 10.2. The molecule has 0 aliphatic carbocycles. The Labute approximate surface area is 96.3 Å². The Bertz CT molecular complexity index is 363. The van der Waals surface area contributed by atoms with Crippen LogP contribution < -0.4 is 0 Å². The van der Waals surface area contributed by atoms with Crippen molar-refractivity contribution in [3.63, 3.8) is 0 Å². The van der Waals surface area contributed by atoms with Crippen LogP contribution in [0.3, 0.4) is 0 Å². The second kappa shape index (κ2) is 4.37. The van der Waals surface area contributed by atoms with Crippen molar-refractivity contribution in [1.29, 1.82) is 0 Å². The number of amides is 1. The molecule has 1 aliphatic rings. The zero-order valence-corrected chi connectivity index (χ0v) is 9.99. The minimum absolute atomic E-state index is 0.00794. The highest BCUT2D eigenvalue weighted by atomic mass is 79.9. The summed E-state index contributed by atoms with van der Waals surface area (Å²) in [5, 5.41) is 0. The van der Waals surface area contributed by atoms with Gasteiger partial charge in [-0.3, -0.25) is 4.79 Å². The van der Waals surface area contributed by atoms with Gasteiger partial charge in [-0.15, -0.1) is 0 Å². The van der Waals surface area contributed by atoms with Crippen LogP contribution in [0.2, 0.25) is 0 Å². The van der Waals surface area contributed by atoms with Crippen LogP contribution in [-0.4, -0.2) is 36.6 Å². The molecule has 4 nitrogen and oxygen atoms in total. The quantitative estimate of drug-likeness (QED) is 0.785. The summed E-state index contributed by atoms with van der Waals surface area (Å²) in [6.07, 6.45) is 1.50. The third-order valence-corrected chi connectivity index (χ3v) is 3.09. The Hall–Kier alpha value is -0.810. The number of ether oxygens (including phenoxy) is 1. The molecule has 1 aromatic rings. The molecule has 1 aromatic heterocycles. The maximum atomic E-state index is 12.1. The molecule has 2 rings (SSSR count). The Kier molecular flexibility index (Phi) is 3.11. The van der Waals surface area contributed by atoms with E-state index in [4.69, 9.17) is 9.15 Å². The lowest BCUT2D eigenvalue weighted by molar-refractivity contribution is 0.00349. The van der Waals surface area contributed by atoms with Crippen molar-refractivity contribution in [1.82, 2.24) is 4.90 Å². The van der Waals surface area contributed by atoms with Gasteiger partial charge in [0.1, 0.15) is 0 Å². The first-order valence-electron chi connectivity index (χ1n) is 4.82. The Morgan fingerprint density at radius 1 is 1.67 bits per heavy atom. The molecule has 1 amide bonds. The highest BCUT2D eigenvalue weighted by molar-refractivity contribution is 9.10. The van der Waals surface area contributed by atoms with Gasteiger partial charge in [0.2, 0.25) is 0 Å². The maximum absolute atomic E-state index is 12.1. The van der Waals surface area contributed by atoms with Crippen molar-refractivity contribution in [3.8, 4) is 0 Å². The van der Waals surface area contributed by atoms with Gasteiger partial charge in [0, 0.05) is 6.54 Å². The van der Waals surface area contributed by atoms with Crippen molar-refractivity contribution in [2.45, 2.75) is 13.0 Å². The summed E-state index contributed by atoms with van der Waals surface area (Å²) < 4.78 is 10.8. The molecule has 1 fully saturated rings. The number of halogens is 1. The standard InChI is InChI=1S/C10H12BrNO3/c1-7-6-14-5-3-12(7)10(13)8-2-4-15-9(8)11/h2,4,7H,3,5-6H2,1H3. The normalized spacial score (nSPS) is 21.7. The highest BCUT2D eigenvalue weighted by Crippen LogP contribution is 2.21. The largest absolute Gasteiger partial charge is 0.457 e. The van der Waals surface area contributed by atoms with Gasteiger partial charge in [-0.2, -0.15) is 0 Å². The van der Waals surface area contributed by atoms with Gasteiger partial charge < -0.3 is 14.1 Å². The van der Waals surface area contributed by atoms with E-state index in [1.54, 1.807) is 11.0 Å². The van der Waals surface area contributed by atoms with Crippen LogP contribution >= 0.6 is 15.9 Å². The second-order valence-electron chi connectivity index (χ2n) is 3.53. The number of morpholine rings is 1. The Balaban J connectivity index is 2.17. The lowest BCUT2D eigenvalue weighted by Crippen LogP contribution is -2.47. The van der Waals surface area contributed by atoms with E-state index in [2.05, 4.69) is 15.9 Å². The van der Waals surface area contributed by atoms with Gasteiger partial charge in [0.25, 0.3) is 5.91 Å². The zero-order valence-electron chi connectivity index (χ0n) is 8.40. The van der Waals surface area contributed by atoms with E-state index in [9.17, 15) is 4.79 Å². The molecule has 0 aromatic carbocycles. The highest BCUT2D eigenvalue weighted by Gasteiger charge is 2.26. The van der Waals surface area contributed by atoms with Crippen LogP contribution in [0.5, 0.6) is 0 Å². The fourth-order valence-corrected chi connectivity index (χ4v) is 2.04. The molecule has 1 unspecified atom stereocenters. The molecular formula is C10H12BrNO3. The van der Waals surface area contributed by atoms with Crippen molar-refractivity contribution >= 4 is 21.8 Å². The summed E-state index contributed by atoms with van der Waals surface area (Å²) in [5.41, 5.74) is 0.573. The first kappa shape index (κ1) is 10.7. The van der Waals surface area contributed by atoms with Crippen LogP contribution in [0.25, 0.3) is 0 Å². The predicted molar refractivity (Wildman–Crippen MR) is 57.7 cm³/mol. The summed E-state index contributed by atoms with van der Waals surface area (Å²) in [6.45, 7) is 3.81. The van der Waals surface area contributed by atoms with E-state index in [0.29, 0.717) is 30.0 Å². The fourth-order valence-electron chi connectivity index (χ4n) is 1.63. The molecule has 0 spiro atoms. The van der Waals surface area contributed by atoms with Crippen molar-refractivity contribution in [2.24, 2.45) is 0 Å². The van der Waals surface area contributed by atoms with Gasteiger partial charge in [-0.1, -0.05) is 0 Å². The van der Waals surface area contributed by atoms with Crippen LogP contribution in [0.15, 0.2) is 21.4 Å². The lowest BCUT2D eigenvalue weighted by Gasteiger charge is -2.33. The molecule has 0 bridgehead atoms. The second-order valence-corrected chi connectivity index (χ2v) is 4.25. The molecule has 82 valence electrons. The number of carbonyl (C=O) groups excluding carboxylic acids is 1. The average molecular weight is 274 g/mol. The smallest absolute Gasteiger partial charge is 0.258 e. The van der Waals surface area contributed by atoms with Crippen molar-refractivity contribution < 1.29 is 13.9 Å². The first-order chi connectivity index (χ1) is 7.20. The first-order valence-corrected chi connectivity index (χ1v) is 5.61. The number of carbonyl (C=O) groups is 1. The van der Waals surface area contributed by atoms with E-state index >= 15 is 0 Å². The molecule has 1 aliphatic heterocycles. The summed E-state index contributed by atoms with van der Waals surface area (Å²) in [5.74, 6) is -0.00794. The number of hydrogen-bond donors (Lipinski definition) is 0. The summed E-state index contributed by atoms with van der Waals surface area (Å²) in [4.78, 5) is 13.9. The molecule has 0 radical (unpaired) electrons. The molecule has 0 saturated carbocycles. The summed E-state index contributed by atoms with van der Waals surface area (Å²) in [7, 11) is 0. The van der Waals surface area contributed by atoms with Crippen LogP contribution in [0.4, 0.5) is 0 Å². The van der Waals surface area contributed by atoms with Gasteiger partial charge in [-0.05, 0) is 28.9 Å². The summed E-state index contributed by atoms with van der Waals surface area (Å²) >= 11 is 3.21. The average Bonchev–Trinajstić information content (AvgIpc) is 2.64. The van der Waals surface area contributed by atoms with Gasteiger partial charge in [0.15, 0.2) is 4.67 Å². The molecule has 5 heteroatoms. The molecule has 15 heavy (non-hydrogen) atoms. The van der Waals surface area contributed by atoms with E-state index in [1.807, 2.05) is 6.92 Å². The monoisotopic (exact) mass is 273 g/mol. The predicted octanol–water partition coefficient (Wildman–Crippen LogP) is 1.90. The number of rotatable bonds is 1. The van der Waals surface area contributed by atoms with E-state index < -0.39 is 0 Å². The molecule has 1 saturated heterocycles. The van der Waals surface area contributed by atoms with Crippen molar-refractivity contribution in [3.05, 3.63) is 22.6 Å². The van der Waals surface area contributed by atoms with Crippen molar-refractivity contribution in [2.75, 3.05) is 19.8 Å². The minimum Gasteiger partial charge on any atom is -0.457 e. The van der Waals surface area contributed by atoms with Crippen LogP contribution in [0, 0.1) is 0 Å². The summed E-state index contributed by atoms with van der Waals surface area (Å²) in [6, 6.07) is 1.79. The zero-order chi connectivity index (χ0) is 10.8. The Morgan fingerprint density at radius 2 is 2.47 bits per heavy atom. The topological polar surface area (TPSA) is 42.7 Å². The minimum atomic E-state index is -0.00794. The number of nitrogens with zero attached hydrogens (tertiary/aromatic N) is 1. The van der Waals surface area contributed by atoms with Gasteiger partial charge in [0.05, 0.1) is 31.1 Å². The van der Waals surface area contributed by atoms with Crippen LogP contribution in [-0.2, 0) is 4.74 Å². The molecule has 2 heterocycles. The van der Waals surface area contributed by atoms with E-state index in [-0.39, 0.29) is 11.9 Å². The number of hydrogen-bond acceptors (Lipinski definition) is 3. The molecular weight excluding hydrogens is 262 g/mol. The third-order valence-electron chi connectivity index (χ3n) is 2.48. The SMILES string of the molecule is CC1COCCN1C(=O)c1ccoc1Br. The molecule has 0 N–H and O–H groups in total. The van der Waals surface area contributed by atoms with E-state index in [0.717, 1.165) is 0 Å². The Morgan fingerprint density at radius 3 is 3.07 bits per heavy atom. The third kappa shape index (κ3) is 2.08. The van der Waals surface area contributed by atoms with Gasteiger partial charge >= 0.3 is 0 Å². The molecule has 1 atom stereocenters. The van der Waals surface area contributed by atoms with Gasteiger partial charge in [-0.25, -0.2) is 0 Å². The number of furan rings is 1. The van der Waals surface area contributed by atoms with Crippen LogP contribution in [0.1, 0.15) is 17.3 Å². The fraction of sp³-hybridized carbons (Fsp3) is 0.500. The maximum Gasteiger partial charge on any atom is 0.258 e.